The van der Waals surface area contributed by atoms with Gasteiger partial charge in [0.1, 0.15) is 4.90 Å². The molecule has 1 aliphatic heterocycles. The Kier molecular flexibility index (Phi) is 4.24. The second kappa shape index (κ2) is 7.92. The number of aromatic nitrogens is 3. The fraction of sp³-hybridized carbons (Fsp3) is 0.286. The van der Waals surface area contributed by atoms with Crippen LogP contribution in [0.1, 0.15) is 21.7 Å². The van der Waals surface area contributed by atoms with Gasteiger partial charge in [-0.1, -0.05) is 12.1 Å². The molecule has 1 aliphatic carbocycles. The number of nitrogens with one attached hydrogen (secondary N) is 1. The summed E-state index contributed by atoms with van der Waals surface area (Å²) >= 11 is 0. The third-order valence-corrected chi connectivity index (χ3v) is 6.83. The van der Waals surface area contributed by atoms with Gasteiger partial charge in [-0.15, -0.1) is 4.36 Å². The Morgan fingerprint density at radius 2 is 2.31 bits per heavy atom. The van der Waals surface area contributed by atoms with E-state index < -0.39 is 23.0 Å². The minimum atomic E-state index is -3.63. The van der Waals surface area contributed by atoms with Crippen molar-refractivity contribution in [1.29, 1.82) is 0 Å². The quantitative estimate of drug-likeness (QED) is 0.619. The largest absolute Gasteiger partial charge is 0.481 e. The Bertz CT molecular complexity index is 1450. The molecule has 10 nitrogen and oxygen atoms in total. The molecule has 0 radical (unpaired) electrons. The van der Waals surface area contributed by atoms with Crippen LogP contribution in [0, 0.1) is 0 Å². The number of methoxy groups -OCH3 is 1. The number of carbonyl (C=O) groups excluding carboxylic acids is 1. The highest BCUT2D eigenvalue weighted by molar-refractivity contribution is 7.91. The van der Waals surface area contributed by atoms with Crippen LogP contribution in [-0.2, 0) is 29.3 Å². The van der Waals surface area contributed by atoms with Crippen molar-refractivity contribution in [2.45, 2.75) is 30.7 Å². The number of aryl methyl sites for hydroxylation is 2. The first-order valence-electron chi connectivity index (χ1n) is 11.5. The van der Waals surface area contributed by atoms with E-state index in [4.69, 9.17) is 18.7 Å². The van der Waals surface area contributed by atoms with Crippen LogP contribution in [0.5, 0.6) is 11.8 Å². The SMILES string of the molecule is [2H]C([2H])([2H])Oc1cc(-c2ccc3c(c2NC(=O)N=[S@@](N)(=O)c2cnn4c2OCCC4)CC3)ccn1. The molecule has 3 aromatic rings. The minimum absolute atomic E-state index is 0.0641. The normalized spacial score (nSPS) is 17.7. The maximum Gasteiger partial charge on any atom is 0.354 e. The van der Waals surface area contributed by atoms with Crippen LogP contribution in [0.15, 0.2) is 45.9 Å². The molecule has 2 amide bonds. The Balaban J connectivity index is 1.48. The second-order valence-electron chi connectivity index (χ2n) is 7.44. The number of hydrogen-bond donors (Lipinski definition) is 2. The molecule has 11 heteroatoms. The zero-order valence-electron chi connectivity index (χ0n) is 19.9. The molecule has 0 saturated heterocycles. The molecule has 0 unspecified atom stereocenters. The van der Waals surface area contributed by atoms with Crippen LogP contribution in [0.3, 0.4) is 0 Å². The number of benzene rings is 1. The van der Waals surface area contributed by atoms with E-state index in [1.54, 1.807) is 10.7 Å². The zero-order valence-corrected chi connectivity index (χ0v) is 17.7. The van der Waals surface area contributed by atoms with E-state index in [9.17, 15) is 9.00 Å². The van der Waals surface area contributed by atoms with Gasteiger partial charge in [0.25, 0.3) is 0 Å². The van der Waals surface area contributed by atoms with Gasteiger partial charge in [0.15, 0.2) is 9.92 Å². The van der Waals surface area contributed by atoms with Crippen molar-refractivity contribution in [3.05, 3.63) is 47.8 Å². The lowest BCUT2D eigenvalue weighted by Gasteiger charge is -2.25. The van der Waals surface area contributed by atoms with Crippen molar-refractivity contribution >= 4 is 21.6 Å². The van der Waals surface area contributed by atoms with Gasteiger partial charge < -0.3 is 14.8 Å². The molecule has 3 N–H and O–H groups in total. The summed E-state index contributed by atoms with van der Waals surface area (Å²) in [5.74, 6) is 0.173. The van der Waals surface area contributed by atoms with Crippen LogP contribution in [0.25, 0.3) is 11.1 Å². The van der Waals surface area contributed by atoms with E-state index in [-0.39, 0.29) is 16.7 Å². The number of rotatable bonds is 4. The van der Waals surface area contributed by atoms with Gasteiger partial charge in [-0.25, -0.2) is 23.8 Å². The Morgan fingerprint density at radius 3 is 3.12 bits per heavy atom. The molecule has 5 rings (SSSR count). The summed E-state index contributed by atoms with van der Waals surface area (Å²) in [5, 5.41) is 12.8. The summed E-state index contributed by atoms with van der Waals surface area (Å²) in [6, 6.07) is 6.00. The van der Waals surface area contributed by atoms with E-state index in [1.807, 2.05) is 12.1 Å². The summed E-state index contributed by atoms with van der Waals surface area (Å²) in [6.07, 6.45) is 5.07. The van der Waals surface area contributed by atoms with Gasteiger partial charge in [0.05, 0.1) is 29.6 Å². The summed E-state index contributed by atoms with van der Waals surface area (Å²) < 4.78 is 50.8. The Labute approximate surface area is 189 Å². The predicted octanol–water partition coefficient (Wildman–Crippen LogP) is 2.77. The fourth-order valence-corrected chi connectivity index (χ4v) is 4.86. The van der Waals surface area contributed by atoms with Gasteiger partial charge in [-0.3, -0.25) is 0 Å². The molecule has 0 spiro atoms. The van der Waals surface area contributed by atoms with Gasteiger partial charge in [-0.2, -0.15) is 5.10 Å². The standard InChI is InChI=1S/C21H22N6O4S/c1-30-18-11-14(7-8-23-18)16-6-4-13-3-5-15(13)19(16)25-21(28)26-32(22,29)17-12-24-27-9-2-10-31-20(17)27/h4,6-8,11-12H,2-3,5,9-10H2,1H3,(H3,22,25,26,28,29)/t32-/m1/s1/i1D3. The molecule has 1 aromatic carbocycles. The number of pyridine rings is 1. The maximum atomic E-state index is 13.2. The lowest BCUT2D eigenvalue weighted by Crippen LogP contribution is -2.22. The lowest BCUT2D eigenvalue weighted by molar-refractivity contribution is 0.224. The van der Waals surface area contributed by atoms with Crippen molar-refractivity contribution in [1.82, 2.24) is 14.8 Å². The van der Waals surface area contributed by atoms with Crippen LogP contribution in [-0.4, -0.2) is 38.6 Å². The molecular weight excluding hydrogens is 432 g/mol. The molecule has 2 aliphatic rings. The van der Waals surface area contributed by atoms with Crippen molar-refractivity contribution < 1.29 is 22.6 Å². The first-order chi connectivity index (χ1) is 16.6. The predicted molar refractivity (Wildman–Crippen MR) is 118 cm³/mol. The maximum absolute atomic E-state index is 13.2. The summed E-state index contributed by atoms with van der Waals surface area (Å²) in [6.45, 7) is 1.02. The first-order valence-corrected chi connectivity index (χ1v) is 11.5. The number of anilines is 1. The molecule has 1 atom stereocenters. The van der Waals surface area contributed by atoms with E-state index in [2.05, 4.69) is 19.8 Å². The monoisotopic (exact) mass is 457 g/mol. The van der Waals surface area contributed by atoms with Crippen molar-refractivity contribution in [2.75, 3.05) is 19.0 Å². The summed E-state index contributed by atoms with van der Waals surface area (Å²) in [7, 11) is -6.28. The van der Waals surface area contributed by atoms with Crippen molar-refractivity contribution in [3.8, 4) is 22.9 Å². The van der Waals surface area contributed by atoms with Gasteiger partial charge in [0, 0.05) is 30.8 Å². The number of ether oxygens (including phenoxy) is 2. The van der Waals surface area contributed by atoms with Gasteiger partial charge in [-0.05, 0) is 35.6 Å². The van der Waals surface area contributed by atoms with Crippen LogP contribution >= 0.6 is 0 Å². The number of amides is 2. The fourth-order valence-electron chi connectivity index (χ4n) is 3.86. The average Bonchev–Trinajstić information content (AvgIpc) is 3.19. The first kappa shape index (κ1) is 17.2. The molecule has 0 saturated carbocycles. The number of carbonyl (C=O) groups is 1. The zero-order chi connectivity index (χ0) is 24.8. The average molecular weight is 458 g/mol. The molecule has 3 heterocycles. The molecule has 0 bridgehead atoms. The Morgan fingerprint density at radius 1 is 1.41 bits per heavy atom. The topological polar surface area (TPSA) is 134 Å². The van der Waals surface area contributed by atoms with Gasteiger partial charge >= 0.3 is 6.03 Å². The molecule has 166 valence electrons. The van der Waals surface area contributed by atoms with Crippen LogP contribution in [0.4, 0.5) is 10.5 Å². The molecular formula is C21H22N6O4S. The highest BCUT2D eigenvalue weighted by Gasteiger charge is 2.26. The van der Waals surface area contributed by atoms with Crippen LogP contribution in [0.2, 0.25) is 0 Å². The molecule has 2 aromatic heterocycles. The highest BCUT2D eigenvalue weighted by Crippen LogP contribution is 2.39. The third kappa shape index (κ3) is 3.59. The van der Waals surface area contributed by atoms with Crippen molar-refractivity contribution in [3.63, 3.8) is 0 Å². The highest BCUT2D eigenvalue weighted by atomic mass is 32.2. The van der Waals surface area contributed by atoms with Crippen LogP contribution < -0.4 is 19.9 Å². The molecule has 0 fully saturated rings. The van der Waals surface area contributed by atoms with Gasteiger partial charge in [0.2, 0.25) is 11.8 Å². The number of hydrogen-bond acceptors (Lipinski definition) is 6. The third-order valence-electron chi connectivity index (χ3n) is 5.48. The molecule has 32 heavy (non-hydrogen) atoms. The van der Waals surface area contributed by atoms with E-state index >= 15 is 0 Å². The van der Waals surface area contributed by atoms with E-state index in [0.29, 0.717) is 30.0 Å². The van der Waals surface area contributed by atoms with E-state index in [0.717, 1.165) is 30.4 Å². The number of nitrogens with two attached hydrogens (primary N) is 1. The number of nitrogens with zero attached hydrogens (tertiary/aromatic N) is 4. The minimum Gasteiger partial charge on any atom is -0.481 e. The van der Waals surface area contributed by atoms with E-state index in [1.165, 1.54) is 18.5 Å². The second-order valence-corrected chi connectivity index (χ2v) is 9.20. The lowest BCUT2D eigenvalue weighted by atomic mass is 9.84. The Hall–Kier alpha value is -3.44. The smallest absolute Gasteiger partial charge is 0.354 e. The number of fused-ring (bicyclic) bond motifs is 2. The number of urea groups is 1. The summed E-state index contributed by atoms with van der Waals surface area (Å²) in [4.78, 5) is 16.9. The van der Waals surface area contributed by atoms with Crippen molar-refractivity contribution in [2.24, 2.45) is 9.50 Å². The summed E-state index contributed by atoms with van der Waals surface area (Å²) in [5.41, 5.74) is 3.65.